The van der Waals surface area contributed by atoms with Gasteiger partial charge in [0.05, 0.1) is 6.10 Å². The van der Waals surface area contributed by atoms with Gasteiger partial charge in [-0.25, -0.2) is 0 Å². The Morgan fingerprint density at radius 3 is 2.76 bits per heavy atom. The normalized spacial score (nSPS) is 14.6. The van der Waals surface area contributed by atoms with E-state index < -0.39 is 0 Å². The van der Waals surface area contributed by atoms with Crippen molar-refractivity contribution in [1.82, 2.24) is 0 Å². The van der Waals surface area contributed by atoms with Gasteiger partial charge < -0.3 is 4.74 Å². The zero-order valence-electron chi connectivity index (χ0n) is 10.5. The van der Waals surface area contributed by atoms with Crippen LogP contribution in [0.25, 0.3) is 0 Å². The van der Waals surface area contributed by atoms with Crippen LogP contribution in [0, 0.1) is 5.92 Å². The van der Waals surface area contributed by atoms with Crippen LogP contribution in [-0.4, -0.2) is 11.0 Å². The minimum absolute atomic E-state index is 0.161. The van der Waals surface area contributed by atoms with Gasteiger partial charge in [0.25, 0.3) is 0 Å². The second kappa shape index (κ2) is 8.33. The predicted octanol–water partition coefficient (Wildman–Crippen LogP) is 5.27. The fraction of sp³-hybridized carbons (Fsp3) is 0.571. The molecule has 0 fully saturated rings. The summed E-state index contributed by atoms with van der Waals surface area (Å²) >= 11 is 8.37. The minimum atomic E-state index is 0.161. The van der Waals surface area contributed by atoms with Crippen molar-refractivity contribution in [3.63, 3.8) is 0 Å². The Hall–Kier alpha value is 0.200. The van der Waals surface area contributed by atoms with E-state index >= 15 is 0 Å². The summed E-state index contributed by atoms with van der Waals surface area (Å²) in [5.74, 6) is 0.629. The quantitative estimate of drug-likeness (QED) is 0.472. The van der Waals surface area contributed by atoms with E-state index in [9.17, 15) is 0 Å². The molecule has 0 spiro atoms. The number of rotatable bonds is 7. The molecule has 0 aliphatic rings. The van der Waals surface area contributed by atoms with E-state index in [4.69, 9.17) is 16.3 Å². The third-order valence-electron chi connectivity index (χ3n) is 2.72. The molecule has 0 aliphatic heterocycles. The molecule has 0 heterocycles. The molecule has 2 atom stereocenters. The average molecular weight is 367 g/mol. The van der Waals surface area contributed by atoms with Gasteiger partial charge in [-0.15, -0.1) is 0 Å². The molecular weight excluding hydrogens is 347 g/mol. The van der Waals surface area contributed by atoms with Crippen LogP contribution in [0.1, 0.15) is 38.4 Å². The van der Waals surface area contributed by atoms with Gasteiger partial charge in [-0.1, -0.05) is 66.6 Å². The largest absolute Gasteiger partial charge is 0.372 e. The summed E-state index contributed by atoms with van der Waals surface area (Å²) in [6.07, 6.45) is 2.61. The third-order valence-corrected chi connectivity index (χ3v) is 3.76. The van der Waals surface area contributed by atoms with E-state index in [0.29, 0.717) is 5.92 Å². The number of ether oxygens (including phenoxy) is 1. The molecule has 0 saturated carbocycles. The summed E-state index contributed by atoms with van der Waals surface area (Å²) in [4.78, 5) is 0. The van der Waals surface area contributed by atoms with Gasteiger partial charge in [-0.3, -0.25) is 0 Å². The molecule has 0 amide bonds. The minimum Gasteiger partial charge on any atom is -0.372 e. The summed E-state index contributed by atoms with van der Waals surface area (Å²) in [7, 11) is 0. The lowest BCUT2D eigenvalue weighted by molar-refractivity contribution is 0.0459. The van der Waals surface area contributed by atoms with E-state index in [0.717, 1.165) is 16.1 Å². The van der Waals surface area contributed by atoms with E-state index in [1.165, 1.54) is 18.4 Å². The summed E-state index contributed by atoms with van der Waals surface area (Å²) in [6.45, 7) is 5.28. The number of hydrogen-bond donors (Lipinski definition) is 0. The topological polar surface area (TPSA) is 9.23 Å². The second-order valence-electron chi connectivity index (χ2n) is 4.43. The molecule has 17 heavy (non-hydrogen) atoms. The fourth-order valence-corrected chi connectivity index (χ4v) is 2.75. The molecule has 1 aromatic carbocycles. The Bertz CT molecular complexity index is 330. The van der Waals surface area contributed by atoms with Crippen LogP contribution >= 0.6 is 34.2 Å². The van der Waals surface area contributed by atoms with Crippen molar-refractivity contribution in [3.05, 3.63) is 34.9 Å². The molecular formula is C14H20ClIO. The van der Waals surface area contributed by atoms with Crippen molar-refractivity contribution < 1.29 is 4.74 Å². The molecule has 0 saturated heterocycles. The predicted molar refractivity (Wildman–Crippen MR) is 83.1 cm³/mol. The Labute approximate surface area is 123 Å². The maximum Gasteiger partial charge on any atom is 0.0914 e. The van der Waals surface area contributed by atoms with Crippen LogP contribution in [0.2, 0.25) is 5.02 Å². The van der Waals surface area contributed by atoms with Crippen LogP contribution < -0.4 is 0 Å². The van der Waals surface area contributed by atoms with Crippen LogP contribution in [0.3, 0.4) is 0 Å². The Morgan fingerprint density at radius 2 is 2.18 bits per heavy atom. The highest BCUT2D eigenvalue weighted by Gasteiger charge is 2.12. The maximum absolute atomic E-state index is 6.00. The van der Waals surface area contributed by atoms with Crippen LogP contribution in [-0.2, 0) is 4.74 Å². The molecule has 96 valence electrons. The van der Waals surface area contributed by atoms with Crippen molar-refractivity contribution >= 4 is 34.2 Å². The van der Waals surface area contributed by atoms with Gasteiger partial charge in [0.2, 0.25) is 0 Å². The summed E-state index contributed by atoms with van der Waals surface area (Å²) < 4.78 is 6.94. The highest BCUT2D eigenvalue weighted by molar-refractivity contribution is 14.1. The molecule has 0 aliphatic carbocycles. The molecule has 3 heteroatoms. The Balaban J connectivity index is 2.54. The molecule has 1 rings (SSSR count). The fourth-order valence-electron chi connectivity index (χ4n) is 1.79. The molecule has 0 bridgehead atoms. The van der Waals surface area contributed by atoms with Gasteiger partial charge in [-0.05, 0) is 30.0 Å². The first-order valence-corrected chi connectivity index (χ1v) is 8.00. The number of alkyl halides is 1. The first kappa shape index (κ1) is 15.3. The van der Waals surface area contributed by atoms with Crippen LogP contribution in [0.5, 0.6) is 0 Å². The van der Waals surface area contributed by atoms with Crippen molar-refractivity contribution in [2.24, 2.45) is 5.92 Å². The second-order valence-corrected chi connectivity index (χ2v) is 5.74. The summed E-state index contributed by atoms with van der Waals surface area (Å²) in [6, 6.07) is 7.96. The molecule has 0 aromatic heterocycles. The molecule has 0 N–H and O–H groups in total. The van der Waals surface area contributed by atoms with E-state index in [-0.39, 0.29) is 6.10 Å². The van der Waals surface area contributed by atoms with Crippen molar-refractivity contribution in [1.29, 1.82) is 0 Å². The van der Waals surface area contributed by atoms with Crippen LogP contribution in [0.4, 0.5) is 0 Å². The number of benzene rings is 1. The average Bonchev–Trinajstić information content (AvgIpc) is 2.30. The van der Waals surface area contributed by atoms with E-state index in [1.54, 1.807) is 0 Å². The maximum atomic E-state index is 6.00. The summed E-state index contributed by atoms with van der Waals surface area (Å²) in [5.41, 5.74) is 1.18. The van der Waals surface area contributed by atoms with Gasteiger partial charge in [-0.2, -0.15) is 0 Å². The molecule has 1 nitrogen and oxygen atoms in total. The molecule has 0 radical (unpaired) electrons. The first-order chi connectivity index (χ1) is 8.17. The zero-order valence-corrected chi connectivity index (χ0v) is 13.4. The first-order valence-electron chi connectivity index (χ1n) is 6.10. The van der Waals surface area contributed by atoms with E-state index in [2.05, 4.69) is 42.5 Å². The van der Waals surface area contributed by atoms with Gasteiger partial charge in [0, 0.05) is 16.1 Å². The lowest BCUT2D eigenvalue weighted by Gasteiger charge is -2.19. The van der Waals surface area contributed by atoms with Crippen molar-refractivity contribution in [2.45, 2.75) is 32.8 Å². The molecule has 2 unspecified atom stereocenters. The Kier molecular flexibility index (Phi) is 7.47. The number of hydrogen-bond acceptors (Lipinski definition) is 1. The highest BCUT2D eigenvalue weighted by atomic mass is 127. The van der Waals surface area contributed by atoms with Gasteiger partial charge >= 0.3 is 0 Å². The standard InChI is InChI=1S/C14H20ClIO/c1-3-5-11(2)10-17-14(9-16)12-6-4-7-13(15)8-12/h4,6-8,11,14H,3,5,9-10H2,1-2H3. The third kappa shape index (κ3) is 5.58. The number of halogens is 2. The smallest absolute Gasteiger partial charge is 0.0914 e. The SMILES string of the molecule is CCCC(C)COC(CI)c1cccc(Cl)c1. The highest BCUT2D eigenvalue weighted by Crippen LogP contribution is 2.24. The monoisotopic (exact) mass is 366 g/mol. The van der Waals surface area contributed by atoms with Gasteiger partial charge in [0.1, 0.15) is 0 Å². The zero-order chi connectivity index (χ0) is 12.7. The molecule has 1 aromatic rings. The summed E-state index contributed by atoms with van der Waals surface area (Å²) in [5, 5.41) is 0.780. The van der Waals surface area contributed by atoms with Gasteiger partial charge in [0.15, 0.2) is 0 Å². The van der Waals surface area contributed by atoms with Crippen molar-refractivity contribution in [2.75, 3.05) is 11.0 Å². The van der Waals surface area contributed by atoms with Crippen molar-refractivity contribution in [3.8, 4) is 0 Å². The lowest BCUT2D eigenvalue weighted by atomic mass is 10.1. The lowest BCUT2D eigenvalue weighted by Crippen LogP contribution is -2.12. The van der Waals surface area contributed by atoms with E-state index in [1.807, 2.05) is 18.2 Å². The van der Waals surface area contributed by atoms with Crippen LogP contribution in [0.15, 0.2) is 24.3 Å². The Morgan fingerprint density at radius 1 is 1.41 bits per heavy atom.